The molecule has 1 heteroatoms. The third-order valence-corrected chi connectivity index (χ3v) is 8.87. The maximum absolute atomic E-state index is 8.70. The molecule has 210 valence electrons. The van der Waals surface area contributed by atoms with Crippen molar-refractivity contribution in [3.05, 3.63) is 175 Å². The van der Waals surface area contributed by atoms with E-state index in [1.54, 1.807) is 0 Å². The van der Waals surface area contributed by atoms with Crippen LogP contribution in [0.4, 0.5) is 17.1 Å². The zero-order valence-corrected chi connectivity index (χ0v) is 24.6. The molecule has 0 aromatic heterocycles. The summed E-state index contributed by atoms with van der Waals surface area (Å²) < 4.78 is 42.2. The fraction of sp³-hybridized carbons (Fsp3) is 0.0698. The molecule has 0 saturated carbocycles. The van der Waals surface area contributed by atoms with E-state index in [1.165, 1.54) is 22.3 Å². The van der Waals surface area contributed by atoms with E-state index in [0.29, 0.717) is 5.56 Å². The van der Waals surface area contributed by atoms with Crippen LogP contribution in [-0.2, 0) is 5.41 Å². The van der Waals surface area contributed by atoms with E-state index in [4.69, 9.17) is 6.85 Å². The highest BCUT2D eigenvalue weighted by Gasteiger charge is 2.38. The lowest BCUT2D eigenvalue weighted by atomic mass is 9.78. The number of hydrogen-bond acceptors (Lipinski definition) is 1. The minimum absolute atomic E-state index is 0.181. The SMILES string of the molecule is [2H]c1c([2H])c([2H])c(-c2cccc(N(c3cc(-c4ccccc4)c4c(c3)-c3ccccc3C4(C)C)c3ccc4ccccc4c3)c2)c([2H])c1[2H]. The summed E-state index contributed by atoms with van der Waals surface area (Å²) in [6.45, 7) is 4.60. The van der Waals surface area contributed by atoms with Crippen LogP contribution in [0, 0.1) is 0 Å². The first-order chi connectivity index (χ1) is 23.6. The van der Waals surface area contributed by atoms with Crippen molar-refractivity contribution in [2.75, 3.05) is 4.90 Å². The van der Waals surface area contributed by atoms with Gasteiger partial charge in [0.25, 0.3) is 0 Å². The Balaban J connectivity index is 1.42. The van der Waals surface area contributed by atoms with Crippen LogP contribution >= 0.6 is 0 Å². The smallest absolute Gasteiger partial charge is 0.0629 e. The van der Waals surface area contributed by atoms with Gasteiger partial charge in [0.15, 0.2) is 0 Å². The van der Waals surface area contributed by atoms with Gasteiger partial charge in [-0.05, 0) is 91.7 Å². The fourth-order valence-electron chi connectivity index (χ4n) is 6.84. The molecule has 0 atom stereocenters. The molecule has 0 fully saturated rings. The second-order valence-electron chi connectivity index (χ2n) is 11.9. The first kappa shape index (κ1) is 21.3. The molecule has 7 aromatic rings. The Morgan fingerprint density at radius 2 is 1.16 bits per heavy atom. The number of anilines is 3. The Hall–Kier alpha value is -5.40. The fourth-order valence-corrected chi connectivity index (χ4v) is 6.84. The monoisotopic (exact) mass is 568 g/mol. The Morgan fingerprint density at radius 1 is 0.477 bits per heavy atom. The van der Waals surface area contributed by atoms with Crippen LogP contribution in [0.5, 0.6) is 0 Å². The summed E-state index contributed by atoms with van der Waals surface area (Å²) >= 11 is 0. The van der Waals surface area contributed by atoms with Gasteiger partial charge >= 0.3 is 0 Å². The first-order valence-electron chi connectivity index (χ1n) is 17.5. The molecule has 1 aliphatic carbocycles. The molecule has 7 aromatic carbocycles. The highest BCUT2D eigenvalue weighted by atomic mass is 15.1. The first-order valence-corrected chi connectivity index (χ1v) is 15.0. The molecule has 0 amide bonds. The largest absolute Gasteiger partial charge is 0.310 e. The van der Waals surface area contributed by atoms with E-state index in [1.807, 2.05) is 42.5 Å². The summed E-state index contributed by atoms with van der Waals surface area (Å²) in [7, 11) is 0. The van der Waals surface area contributed by atoms with Crippen molar-refractivity contribution in [1.82, 2.24) is 0 Å². The second kappa shape index (κ2) is 10.4. The summed E-state index contributed by atoms with van der Waals surface area (Å²) in [6.07, 6.45) is 0. The lowest BCUT2D eigenvalue weighted by Gasteiger charge is -2.30. The number of benzene rings is 7. The van der Waals surface area contributed by atoms with Gasteiger partial charge in [-0.15, -0.1) is 0 Å². The molecule has 0 saturated heterocycles. The molecular formula is C43H33N. The van der Waals surface area contributed by atoms with Crippen molar-refractivity contribution in [1.29, 1.82) is 0 Å². The van der Waals surface area contributed by atoms with Crippen LogP contribution in [0.3, 0.4) is 0 Å². The summed E-state index contributed by atoms with van der Waals surface area (Å²) in [5, 5.41) is 2.23. The molecule has 1 nitrogen and oxygen atoms in total. The molecule has 1 aliphatic rings. The van der Waals surface area contributed by atoms with Gasteiger partial charge in [-0.3, -0.25) is 0 Å². The maximum atomic E-state index is 8.70. The van der Waals surface area contributed by atoms with Gasteiger partial charge in [0.2, 0.25) is 0 Å². The Morgan fingerprint density at radius 3 is 2.00 bits per heavy atom. The van der Waals surface area contributed by atoms with Crippen LogP contribution in [0.25, 0.3) is 44.2 Å². The Bertz CT molecular complexity index is 2400. The van der Waals surface area contributed by atoms with Gasteiger partial charge in [0.05, 0.1) is 6.85 Å². The van der Waals surface area contributed by atoms with Crippen molar-refractivity contribution in [3.63, 3.8) is 0 Å². The molecule has 0 spiro atoms. The molecule has 0 N–H and O–H groups in total. The molecule has 0 unspecified atom stereocenters. The minimum Gasteiger partial charge on any atom is -0.310 e. The van der Waals surface area contributed by atoms with Crippen LogP contribution in [-0.4, -0.2) is 0 Å². The van der Waals surface area contributed by atoms with Gasteiger partial charge in [-0.25, -0.2) is 0 Å². The number of nitrogens with zero attached hydrogens (tertiary/aromatic N) is 1. The molecule has 0 bridgehead atoms. The van der Waals surface area contributed by atoms with Crippen LogP contribution in [0.1, 0.15) is 31.8 Å². The topological polar surface area (TPSA) is 3.24 Å². The zero-order chi connectivity index (χ0) is 34.0. The normalized spacial score (nSPS) is 14.5. The van der Waals surface area contributed by atoms with Crippen molar-refractivity contribution in [3.8, 4) is 33.4 Å². The highest BCUT2D eigenvalue weighted by molar-refractivity contribution is 5.95. The molecule has 0 aliphatic heterocycles. The standard InChI is InChI=1S/C43H33N/c1-43(2)41-23-12-11-22-38(41)40-29-37(28-39(42(40)43)32-17-7-4-8-18-32)44(36-25-24-31-16-9-10-19-33(31)27-36)35-21-13-20-34(26-35)30-14-5-3-6-15-30/h3-29H,1-2H3/i3D,5D,6D,14D,15D. The van der Waals surface area contributed by atoms with Crippen molar-refractivity contribution in [2.24, 2.45) is 0 Å². The third kappa shape index (κ3) is 4.32. The zero-order valence-electron chi connectivity index (χ0n) is 29.6. The molecule has 0 heterocycles. The van der Waals surface area contributed by atoms with Gasteiger partial charge in [-0.1, -0.05) is 141 Å². The van der Waals surface area contributed by atoms with Crippen LogP contribution < -0.4 is 4.90 Å². The molecule has 44 heavy (non-hydrogen) atoms. The highest BCUT2D eigenvalue weighted by Crippen LogP contribution is 2.54. The number of fused-ring (bicyclic) bond motifs is 4. The number of hydrogen-bond donors (Lipinski definition) is 0. The summed E-state index contributed by atoms with van der Waals surface area (Å²) in [6, 6.07) is 44.6. The van der Waals surface area contributed by atoms with Crippen LogP contribution in [0.15, 0.2) is 164 Å². The molecule has 8 rings (SSSR count). The quantitative estimate of drug-likeness (QED) is 0.200. The van der Waals surface area contributed by atoms with Gasteiger partial charge in [-0.2, -0.15) is 0 Å². The number of rotatable bonds is 5. The Kier molecular flexibility index (Phi) is 5.04. The van der Waals surface area contributed by atoms with E-state index >= 15 is 0 Å². The second-order valence-corrected chi connectivity index (χ2v) is 11.9. The van der Waals surface area contributed by atoms with Crippen molar-refractivity contribution < 1.29 is 6.85 Å². The van der Waals surface area contributed by atoms with E-state index < -0.39 is 6.04 Å². The molecular weight excluding hydrogens is 530 g/mol. The van der Waals surface area contributed by atoms with E-state index in [0.717, 1.165) is 39.0 Å². The van der Waals surface area contributed by atoms with Crippen molar-refractivity contribution in [2.45, 2.75) is 19.3 Å². The van der Waals surface area contributed by atoms with Gasteiger partial charge < -0.3 is 4.90 Å². The van der Waals surface area contributed by atoms with Crippen molar-refractivity contribution >= 4 is 27.8 Å². The van der Waals surface area contributed by atoms with Gasteiger partial charge in [0.1, 0.15) is 0 Å². The maximum Gasteiger partial charge on any atom is 0.0629 e. The van der Waals surface area contributed by atoms with Gasteiger partial charge in [0, 0.05) is 22.5 Å². The summed E-state index contributed by atoms with van der Waals surface area (Å²) in [5.41, 5.74) is 10.5. The minimum atomic E-state index is -0.400. The van der Waals surface area contributed by atoms with E-state index in [2.05, 4.69) is 110 Å². The Labute approximate surface area is 266 Å². The van der Waals surface area contributed by atoms with E-state index in [9.17, 15) is 0 Å². The molecule has 0 radical (unpaired) electrons. The predicted molar refractivity (Wildman–Crippen MR) is 187 cm³/mol. The average molecular weight is 569 g/mol. The van der Waals surface area contributed by atoms with E-state index in [-0.39, 0.29) is 35.1 Å². The summed E-state index contributed by atoms with van der Waals surface area (Å²) in [5.74, 6) is 0. The van der Waals surface area contributed by atoms with Crippen LogP contribution in [0.2, 0.25) is 0 Å². The third-order valence-electron chi connectivity index (χ3n) is 8.87. The average Bonchev–Trinajstić information content (AvgIpc) is 3.36. The lowest BCUT2D eigenvalue weighted by Crippen LogP contribution is -2.17. The predicted octanol–water partition coefficient (Wildman–Crippen LogP) is 11.9. The lowest BCUT2D eigenvalue weighted by molar-refractivity contribution is 0.662. The summed E-state index contributed by atoms with van der Waals surface area (Å²) in [4.78, 5) is 2.21.